The summed E-state index contributed by atoms with van der Waals surface area (Å²) in [4.78, 5) is 0. The SMILES string of the molecule is CCCn1ncc(N)c1NCC(C)(C)CO. The highest BCUT2D eigenvalue weighted by Gasteiger charge is 2.17. The molecule has 0 saturated heterocycles. The lowest BCUT2D eigenvalue weighted by atomic mass is 9.95. The van der Waals surface area contributed by atoms with Gasteiger partial charge in [-0.05, 0) is 6.42 Å². The molecule has 0 fully saturated rings. The molecule has 92 valence electrons. The highest BCUT2D eigenvalue weighted by atomic mass is 16.3. The smallest absolute Gasteiger partial charge is 0.147 e. The van der Waals surface area contributed by atoms with E-state index < -0.39 is 0 Å². The van der Waals surface area contributed by atoms with Crippen molar-refractivity contribution in [3.8, 4) is 0 Å². The zero-order valence-corrected chi connectivity index (χ0v) is 10.3. The average Bonchev–Trinajstić information content (AvgIpc) is 2.58. The van der Waals surface area contributed by atoms with Crippen LogP contribution in [0.4, 0.5) is 11.5 Å². The topological polar surface area (TPSA) is 76.1 Å². The summed E-state index contributed by atoms with van der Waals surface area (Å²) in [5.74, 6) is 0.850. The summed E-state index contributed by atoms with van der Waals surface area (Å²) in [5.41, 5.74) is 6.33. The summed E-state index contributed by atoms with van der Waals surface area (Å²) in [6.45, 7) is 7.75. The minimum absolute atomic E-state index is 0.141. The van der Waals surface area contributed by atoms with Crippen LogP contribution in [0.5, 0.6) is 0 Å². The molecule has 1 heterocycles. The van der Waals surface area contributed by atoms with E-state index in [2.05, 4.69) is 17.3 Å². The molecule has 5 nitrogen and oxygen atoms in total. The lowest BCUT2D eigenvalue weighted by Crippen LogP contribution is -2.28. The van der Waals surface area contributed by atoms with E-state index in [1.807, 2.05) is 18.5 Å². The van der Waals surface area contributed by atoms with Gasteiger partial charge in [-0.15, -0.1) is 0 Å². The molecule has 0 aliphatic rings. The molecular weight excluding hydrogens is 204 g/mol. The van der Waals surface area contributed by atoms with Gasteiger partial charge in [-0.1, -0.05) is 20.8 Å². The summed E-state index contributed by atoms with van der Waals surface area (Å²) in [7, 11) is 0. The molecule has 1 aromatic heterocycles. The normalized spacial score (nSPS) is 11.8. The largest absolute Gasteiger partial charge is 0.396 e. The zero-order valence-electron chi connectivity index (χ0n) is 10.3. The number of hydrogen-bond donors (Lipinski definition) is 3. The molecule has 0 spiro atoms. The van der Waals surface area contributed by atoms with Crippen molar-refractivity contribution in [1.82, 2.24) is 9.78 Å². The number of aliphatic hydroxyl groups is 1. The fourth-order valence-electron chi connectivity index (χ4n) is 1.35. The first-order valence-electron chi connectivity index (χ1n) is 5.66. The molecule has 0 aromatic carbocycles. The Morgan fingerprint density at radius 2 is 2.25 bits per heavy atom. The maximum absolute atomic E-state index is 9.17. The number of nitrogens with one attached hydrogen (secondary N) is 1. The number of aromatic nitrogens is 2. The minimum atomic E-state index is -0.159. The van der Waals surface area contributed by atoms with Gasteiger partial charge in [-0.2, -0.15) is 5.10 Å². The van der Waals surface area contributed by atoms with Gasteiger partial charge in [-0.25, -0.2) is 4.68 Å². The second-order valence-electron chi connectivity index (χ2n) is 4.85. The Morgan fingerprint density at radius 1 is 1.56 bits per heavy atom. The van der Waals surface area contributed by atoms with E-state index in [1.165, 1.54) is 0 Å². The number of nitrogens with zero attached hydrogens (tertiary/aromatic N) is 2. The van der Waals surface area contributed by atoms with Crippen molar-refractivity contribution in [3.05, 3.63) is 6.20 Å². The summed E-state index contributed by atoms with van der Waals surface area (Å²) >= 11 is 0. The Labute approximate surface area is 96.6 Å². The predicted molar refractivity (Wildman–Crippen MR) is 66.3 cm³/mol. The van der Waals surface area contributed by atoms with Crippen LogP contribution in [0, 0.1) is 5.41 Å². The molecule has 0 amide bonds. The van der Waals surface area contributed by atoms with Crippen molar-refractivity contribution in [3.63, 3.8) is 0 Å². The molecular formula is C11H22N4O. The van der Waals surface area contributed by atoms with Crippen LogP contribution in [0.1, 0.15) is 27.2 Å². The van der Waals surface area contributed by atoms with Crippen molar-refractivity contribution in [2.24, 2.45) is 5.41 Å². The second-order valence-corrected chi connectivity index (χ2v) is 4.85. The third-order valence-electron chi connectivity index (χ3n) is 2.47. The highest BCUT2D eigenvalue weighted by molar-refractivity contribution is 5.60. The van der Waals surface area contributed by atoms with Crippen LogP contribution >= 0.6 is 0 Å². The first kappa shape index (κ1) is 12.8. The number of anilines is 2. The number of rotatable bonds is 6. The van der Waals surface area contributed by atoms with E-state index in [9.17, 15) is 5.11 Å². The lowest BCUT2D eigenvalue weighted by molar-refractivity contribution is 0.170. The fourth-order valence-corrected chi connectivity index (χ4v) is 1.35. The van der Waals surface area contributed by atoms with Crippen LogP contribution in [0.2, 0.25) is 0 Å². The van der Waals surface area contributed by atoms with Crippen molar-refractivity contribution in [1.29, 1.82) is 0 Å². The van der Waals surface area contributed by atoms with Crippen LogP contribution in [0.25, 0.3) is 0 Å². The first-order chi connectivity index (χ1) is 7.50. The van der Waals surface area contributed by atoms with Crippen molar-refractivity contribution in [2.45, 2.75) is 33.7 Å². The molecule has 1 aromatic rings. The lowest BCUT2D eigenvalue weighted by Gasteiger charge is -2.23. The number of aryl methyl sites for hydroxylation is 1. The van der Waals surface area contributed by atoms with E-state index in [0.717, 1.165) is 18.8 Å². The highest BCUT2D eigenvalue weighted by Crippen LogP contribution is 2.21. The quantitative estimate of drug-likeness (QED) is 0.683. The van der Waals surface area contributed by atoms with E-state index >= 15 is 0 Å². The Kier molecular flexibility index (Phi) is 4.18. The molecule has 0 bridgehead atoms. The molecule has 5 heteroatoms. The number of hydrogen-bond acceptors (Lipinski definition) is 4. The molecule has 0 radical (unpaired) electrons. The standard InChI is InChI=1S/C11H22N4O/c1-4-5-15-10(9(12)6-14-15)13-7-11(2,3)8-16/h6,13,16H,4-5,7-8,12H2,1-3H3. The van der Waals surface area contributed by atoms with Crippen LogP contribution < -0.4 is 11.1 Å². The summed E-state index contributed by atoms with van der Waals surface area (Å²) in [6, 6.07) is 0. The second kappa shape index (κ2) is 5.21. The van der Waals surface area contributed by atoms with E-state index in [-0.39, 0.29) is 12.0 Å². The predicted octanol–water partition coefficient (Wildman–Crippen LogP) is 1.31. The molecule has 0 unspecified atom stereocenters. The average molecular weight is 226 g/mol. The van der Waals surface area contributed by atoms with Gasteiger partial charge in [0.2, 0.25) is 0 Å². The fraction of sp³-hybridized carbons (Fsp3) is 0.727. The molecule has 4 N–H and O–H groups in total. The molecule has 16 heavy (non-hydrogen) atoms. The first-order valence-corrected chi connectivity index (χ1v) is 5.66. The summed E-state index contributed by atoms with van der Waals surface area (Å²) < 4.78 is 1.86. The van der Waals surface area contributed by atoms with Crippen molar-refractivity contribution >= 4 is 11.5 Å². The van der Waals surface area contributed by atoms with Gasteiger partial charge in [0.25, 0.3) is 0 Å². The van der Waals surface area contributed by atoms with Crippen LogP contribution in [0.15, 0.2) is 6.20 Å². The van der Waals surface area contributed by atoms with Gasteiger partial charge in [0, 0.05) is 25.1 Å². The van der Waals surface area contributed by atoms with E-state index in [1.54, 1.807) is 6.20 Å². The Bertz CT molecular complexity index is 333. The van der Waals surface area contributed by atoms with Gasteiger partial charge >= 0.3 is 0 Å². The van der Waals surface area contributed by atoms with Gasteiger partial charge in [-0.3, -0.25) is 0 Å². The van der Waals surface area contributed by atoms with Crippen LogP contribution in [-0.4, -0.2) is 28.0 Å². The van der Waals surface area contributed by atoms with E-state index in [4.69, 9.17) is 5.73 Å². The monoisotopic (exact) mass is 226 g/mol. The molecule has 0 atom stereocenters. The Morgan fingerprint density at radius 3 is 2.81 bits per heavy atom. The molecule has 1 rings (SSSR count). The molecule has 0 aliphatic heterocycles. The Hall–Kier alpha value is -1.23. The number of nitrogens with two attached hydrogens (primary N) is 1. The van der Waals surface area contributed by atoms with Gasteiger partial charge in [0.05, 0.1) is 11.9 Å². The summed E-state index contributed by atoms with van der Waals surface area (Å²) in [6.07, 6.45) is 2.67. The van der Waals surface area contributed by atoms with Crippen molar-refractivity contribution in [2.75, 3.05) is 24.2 Å². The third-order valence-corrected chi connectivity index (χ3v) is 2.47. The molecule has 0 saturated carbocycles. The van der Waals surface area contributed by atoms with Gasteiger partial charge < -0.3 is 16.2 Å². The summed E-state index contributed by atoms with van der Waals surface area (Å²) in [5, 5.41) is 16.6. The maximum Gasteiger partial charge on any atom is 0.147 e. The van der Waals surface area contributed by atoms with Crippen LogP contribution in [0.3, 0.4) is 0 Å². The Balaban J connectivity index is 2.68. The van der Waals surface area contributed by atoms with Gasteiger partial charge in [0.15, 0.2) is 0 Å². The van der Waals surface area contributed by atoms with E-state index in [0.29, 0.717) is 12.2 Å². The zero-order chi connectivity index (χ0) is 12.2. The number of aliphatic hydroxyl groups excluding tert-OH is 1. The van der Waals surface area contributed by atoms with Gasteiger partial charge in [0.1, 0.15) is 5.82 Å². The third kappa shape index (κ3) is 3.13. The minimum Gasteiger partial charge on any atom is -0.396 e. The number of nitrogen functional groups attached to an aromatic ring is 1. The molecule has 0 aliphatic carbocycles. The maximum atomic E-state index is 9.17. The van der Waals surface area contributed by atoms with Crippen LogP contribution in [-0.2, 0) is 6.54 Å². The van der Waals surface area contributed by atoms with Crippen molar-refractivity contribution < 1.29 is 5.11 Å².